The van der Waals surface area contributed by atoms with E-state index in [1.165, 1.54) is 12.7 Å². The Balaban J connectivity index is 0.000000175. The van der Waals surface area contributed by atoms with Crippen molar-refractivity contribution in [1.29, 1.82) is 0 Å². The number of nitrogens with zero attached hydrogens (tertiary/aromatic N) is 6. The van der Waals surface area contributed by atoms with Crippen molar-refractivity contribution in [2.24, 2.45) is 0 Å². The highest BCUT2D eigenvalue weighted by Gasteiger charge is 2.11. The summed E-state index contributed by atoms with van der Waals surface area (Å²) in [6.07, 6.45) is 13.2. The Bertz CT molecular complexity index is 1890. The largest absolute Gasteiger partial charge is 0.488 e. The SMILES string of the molecule is O=C(Cc1cncnc1)c1ccc(-c2ccc(Cl)cc2)cn1.O=C(Cc1cncnc1)c1ccc(Br)cn1.OB(O)c1ccc(Cl)cc1. The molecule has 0 aliphatic rings. The maximum Gasteiger partial charge on any atom is 0.488 e. The minimum Gasteiger partial charge on any atom is -0.423 e. The zero-order valence-corrected chi connectivity index (χ0v) is 28.2. The van der Waals surface area contributed by atoms with Crippen LogP contribution in [-0.4, -0.2) is 58.6 Å². The third kappa shape index (κ3) is 11.8. The number of benzene rings is 2. The minimum absolute atomic E-state index is 0.0395. The molecule has 4 aromatic heterocycles. The van der Waals surface area contributed by atoms with Gasteiger partial charge in [-0.05, 0) is 80.5 Å². The summed E-state index contributed by atoms with van der Waals surface area (Å²) in [5.41, 5.74) is 4.84. The van der Waals surface area contributed by atoms with Gasteiger partial charge in [0, 0.05) is 70.1 Å². The monoisotopic (exact) mass is 742 g/mol. The molecule has 0 saturated carbocycles. The number of hydrogen-bond acceptors (Lipinski definition) is 10. The van der Waals surface area contributed by atoms with Crippen LogP contribution in [0.15, 0.2) is 127 Å². The van der Waals surface area contributed by atoms with Gasteiger partial charge in [-0.1, -0.05) is 53.5 Å². The van der Waals surface area contributed by atoms with E-state index >= 15 is 0 Å². The van der Waals surface area contributed by atoms with Gasteiger partial charge in [0.25, 0.3) is 0 Å². The molecule has 10 nitrogen and oxygen atoms in total. The van der Waals surface area contributed by atoms with Crippen LogP contribution in [0.2, 0.25) is 10.0 Å². The number of ketones is 2. The van der Waals surface area contributed by atoms with Crippen LogP contribution in [0, 0.1) is 0 Å². The number of hydrogen-bond donors (Lipinski definition) is 2. The number of Topliss-reactive ketones (excluding diaryl/α,β-unsaturated/α-hetero) is 2. The van der Waals surface area contributed by atoms with Crippen molar-refractivity contribution >= 4 is 63.3 Å². The Labute approximate surface area is 295 Å². The Kier molecular flexibility index (Phi) is 14.0. The first-order valence-electron chi connectivity index (χ1n) is 14.2. The maximum atomic E-state index is 12.2. The first kappa shape index (κ1) is 36.1. The fourth-order valence-electron chi connectivity index (χ4n) is 3.94. The van der Waals surface area contributed by atoms with E-state index in [-0.39, 0.29) is 24.4 Å². The average Bonchev–Trinajstić information content (AvgIpc) is 3.11. The fourth-order valence-corrected chi connectivity index (χ4v) is 4.43. The van der Waals surface area contributed by atoms with Crippen LogP contribution in [0.25, 0.3) is 11.1 Å². The lowest BCUT2D eigenvalue weighted by atomic mass is 9.81. The number of rotatable bonds is 8. The summed E-state index contributed by atoms with van der Waals surface area (Å²) in [5.74, 6) is -0.0974. The summed E-state index contributed by atoms with van der Waals surface area (Å²) in [7, 11) is -1.41. The highest BCUT2D eigenvalue weighted by molar-refractivity contribution is 9.10. The van der Waals surface area contributed by atoms with Crippen LogP contribution >= 0.6 is 39.1 Å². The predicted octanol–water partition coefficient (Wildman–Crippen LogP) is 5.70. The Morgan fingerprint density at radius 3 is 1.44 bits per heavy atom. The number of halogens is 3. The number of carbonyl (C=O) groups excluding carboxylic acids is 2. The summed E-state index contributed by atoms with van der Waals surface area (Å²) < 4.78 is 0.854. The summed E-state index contributed by atoms with van der Waals surface area (Å²) in [6, 6.07) is 20.9. The molecule has 14 heteroatoms. The Hall–Kier alpha value is -4.72. The Morgan fingerprint density at radius 2 is 1.02 bits per heavy atom. The number of carbonyl (C=O) groups is 2. The van der Waals surface area contributed by atoms with Crippen LogP contribution in [0.3, 0.4) is 0 Å². The fraction of sp³-hybridized carbons (Fsp3) is 0.0588. The minimum atomic E-state index is -1.41. The van der Waals surface area contributed by atoms with E-state index in [4.69, 9.17) is 33.2 Å². The highest BCUT2D eigenvalue weighted by atomic mass is 79.9. The normalized spacial score (nSPS) is 10.1. The molecule has 0 radical (unpaired) electrons. The van der Waals surface area contributed by atoms with Gasteiger partial charge in [-0.3, -0.25) is 19.6 Å². The maximum absolute atomic E-state index is 12.2. The van der Waals surface area contributed by atoms with Crippen LogP contribution in [0.5, 0.6) is 0 Å². The second kappa shape index (κ2) is 18.6. The number of aromatic nitrogens is 6. The van der Waals surface area contributed by atoms with Gasteiger partial charge in [-0.2, -0.15) is 0 Å². The molecule has 0 atom stereocenters. The average molecular weight is 744 g/mol. The molecule has 6 rings (SSSR count). The van der Waals surface area contributed by atoms with Crippen molar-refractivity contribution in [1.82, 2.24) is 29.9 Å². The zero-order chi connectivity index (χ0) is 34.3. The van der Waals surface area contributed by atoms with E-state index in [0.717, 1.165) is 26.7 Å². The Morgan fingerprint density at radius 1 is 0.583 bits per heavy atom. The van der Waals surface area contributed by atoms with Crippen molar-refractivity contribution in [2.45, 2.75) is 12.8 Å². The van der Waals surface area contributed by atoms with Gasteiger partial charge in [-0.25, -0.2) is 19.9 Å². The molecule has 0 fully saturated rings. The van der Waals surface area contributed by atoms with Crippen molar-refractivity contribution in [3.8, 4) is 11.1 Å². The highest BCUT2D eigenvalue weighted by Crippen LogP contribution is 2.21. The third-order valence-corrected chi connectivity index (χ3v) is 7.34. The topological polar surface area (TPSA) is 152 Å². The summed E-state index contributed by atoms with van der Waals surface area (Å²) >= 11 is 14.7. The molecule has 0 saturated heterocycles. The van der Waals surface area contributed by atoms with Crippen molar-refractivity contribution in [3.63, 3.8) is 0 Å². The third-order valence-electron chi connectivity index (χ3n) is 6.37. The molecule has 0 unspecified atom stereocenters. The van der Waals surface area contributed by atoms with E-state index in [9.17, 15) is 9.59 Å². The summed E-state index contributed by atoms with van der Waals surface area (Å²) in [6.45, 7) is 0. The van der Waals surface area contributed by atoms with Gasteiger partial charge in [0.05, 0.1) is 0 Å². The lowest BCUT2D eigenvalue weighted by Gasteiger charge is -2.04. The van der Waals surface area contributed by atoms with Gasteiger partial charge in [0.1, 0.15) is 24.0 Å². The van der Waals surface area contributed by atoms with Gasteiger partial charge in [-0.15, -0.1) is 0 Å². The lowest BCUT2D eigenvalue weighted by Crippen LogP contribution is -2.29. The van der Waals surface area contributed by atoms with E-state index in [2.05, 4.69) is 45.8 Å². The second-order valence-electron chi connectivity index (χ2n) is 9.92. The van der Waals surface area contributed by atoms with Crippen molar-refractivity contribution in [3.05, 3.63) is 160 Å². The molecule has 240 valence electrons. The van der Waals surface area contributed by atoms with Crippen LogP contribution in [0.1, 0.15) is 32.1 Å². The van der Waals surface area contributed by atoms with Gasteiger partial charge < -0.3 is 10.0 Å². The molecule has 6 aromatic rings. The molecule has 4 heterocycles. The molecule has 0 aliphatic carbocycles. The van der Waals surface area contributed by atoms with E-state index < -0.39 is 7.12 Å². The quantitative estimate of drug-likeness (QED) is 0.147. The first-order valence-corrected chi connectivity index (χ1v) is 15.7. The molecule has 2 N–H and O–H groups in total. The smallest absolute Gasteiger partial charge is 0.423 e. The van der Waals surface area contributed by atoms with Crippen LogP contribution in [0.4, 0.5) is 0 Å². The molecular formula is C34H26BBrCl2N6O4. The molecular weight excluding hydrogens is 718 g/mol. The standard InChI is InChI=1S/C17H12ClN3O.C11H8BrN3O.C6H6BClO2/c18-15-4-1-13(2-5-15)14-3-6-16(21-10-14)17(22)7-12-8-19-11-20-9-12;12-9-1-2-10(15-6-9)11(16)3-8-4-13-7-14-5-8;8-6-3-1-5(2-4-6)7(9)10/h1-6,8-11H,7H2;1-2,4-7H,3H2;1-4,9-10H. The first-order chi connectivity index (χ1) is 23.2. The van der Waals surface area contributed by atoms with Crippen molar-refractivity contribution in [2.75, 3.05) is 0 Å². The predicted molar refractivity (Wildman–Crippen MR) is 188 cm³/mol. The molecule has 48 heavy (non-hydrogen) atoms. The second-order valence-corrected chi connectivity index (χ2v) is 11.7. The van der Waals surface area contributed by atoms with Gasteiger partial charge >= 0.3 is 7.12 Å². The van der Waals surface area contributed by atoms with Crippen LogP contribution in [-0.2, 0) is 12.8 Å². The van der Waals surface area contributed by atoms with Crippen molar-refractivity contribution < 1.29 is 19.6 Å². The van der Waals surface area contributed by atoms with Crippen LogP contribution < -0.4 is 5.46 Å². The van der Waals surface area contributed by atoms with Gasteiger partial charge in [0.2, 0.25) is 0 Å². The summed E-state index contributed by atoms with van der Waals surface area (Å²) in [4.78, 5) is 47.8. The van der Waals surface area contributed by atoms with E-state index in [1.807, 2.05) is 30.3 Å². The molecule has 0 amide bonds. The number of pyridine rings is 2. The molecule has 2 aromatic carbocycles. The molecule has 0 spiro atoms. The zero-order valence-electron chi connectivity index (χ0n) is 25.1. The lowest BCUT2D eigenvalue weighted by molar-refractivity contribution is 0.0980. The van der Waals surface area contributed by atoms with E-state index in [0.29, 0.717) is 26.9 Å². The molecule has 0 aliphatic heterocycles. The van der Waals surface area contributed by atoms with Gasteiger partial charge in [0.15, 0.2) is 11.6 Å². The van der Waals surface area contributed by atoms with E-state index in [1.54, 1.807) is 79.6 Å². The molecule has 0 bridgehead atoms. The summed E-state index contributed by atoms with van der Waals surface area (Å²) in [5, 5.41) is 18.5.